The summed E-state index contributed by atoms with van der Waals surface area (Å²) in [5, 5.41) is 10.7. The second kappa shape index (κ2) is 5.31. The molecule has 1 aromatic heterocycles. The van der Waals surface area contributed by atoms with Crippen molar-refractivity contribution in [1.29, 1.82) is 0 Å². The summed E-state index contributed by atoms with van der Waals surface area (Å²) in [6, 6.07) is 8.50. The number of aromatic nitrogens is 1. The van der Waals surface area contributed by atoms with Gasteiger partial charge in [-0.3, -0.25) is 0 Å². The first-order chi connectivity index (χ1) is 11.4. The van der Waals surface area contributed by atoms with Crippen molar-refractivity contribution in [3.8, 4) is 0 Å². The Balaban J connectivity index is 1.82. The Bertz CT molecular complexity index is 815. The van der Waals surface area contributed by atoms with E-state index in [2.05, 4.69) is 9.98 Å². The van der Waals surface area contributed by atoms with Crippen molar-refractivity contribution >= 4 is 17.2 Å². The summed E-state index contributed by atoms with van der Waals surface area (Å²) >= 11 is 0. The lowest BCUT2D eigenvalue weighted by atomic mass is 10.0. The van der Waals surface area contributed by atoms with Gasteiger partial charge in [-0.15, -0.1) is 0 Å². The van der Waals surface area contributed by atoms with Crippen LogP contribution < -0.4 is 4.90 Å². The van der Waals surface area contributed by atoms with Gasteiger partial charge in [0.05, 0.1) is 11.3 Å². The number of aliphatic hydroxyl groups is 1. The quantitative estimate of drug-likeness (QED) is 0.915. The van der Waals surface area contributed by atoms with Gasteiger partial charge in [0, 0.05) is 17.8 Å². The molecule has 2 heterocycles. The molecule has 1 atom stereocenters. The van der Waals surface area contributed by atoms with E-state index in [1.165, 1.54) is 12.1 Å². The fourth-order valence-electron chi connectivity index (χ4n) is 2.90. The maximum Gasteiger partial charge on any atom is 0.416 e. The predicted octanol–water partition coefficient (Wildman–Crippen LogP) is 3.52. The number of anilines is 1. The van der Waals surface area contributed by atoms with E-state index in [1.807, 2.05) is 0 Å². The van der Waals surface area contributed by atoms with Crippen LogP contribution in [0.4, 0.5) is 24.7 Å². The lowest BCUT2D eigenvalue weighted by molar-refractivity contribution is -0.137. The van der Waals surface area contributed by atoms with Crippen LogP contribution in [0.3, 0.4) is 0 Å². The zero-order chi connectivity index (χ0) is 16.9. The van der Waals surface area contributed by atoms with E-state index in [1.54, 1.807) is 23.2 Å². The van der Waals surface area contributed by atoms with Crippen molar-refractivity contribution in [2.75, 3.05) is 4.90 Å². The van der Waals surface area contributed by atoms with E-state index < -0.39 is 18.0 Å². The first kappa shape index (κ1) is 15.1. The van der Waals surface area contributed by atoms with E-state index in [-0.39, 0.29) is 17.3 Å². The Labute approximate surface area is 136 Å². The van der Waals surface area contributed by atoms with Gasteiger partial charge in [0.2, 0.25) is 0 Å². The molecule has 1 unspecified atom stereocenters. The second-order valence-corrected chi connectivity index (χ2v) is 5.93. The highest BCUT2D eigenvalue weighted by Gasteiger charge is 2.40. The Morgan fingerprint density at radius 3 is 2.62 bits per heavy atom. The highest BCUT2D eigenvalue weighted by molar-refractivity contribution is 6.08. The smallest absolute Gasteiger partial charge is 0.368 e. The van der Waals surface area contributed by atoms with Gasteiger partial charge in [-0.25, -0.2) is 9.98 Å². The Kier molecular flexibility index (Phi) is 3.35. The van der Waals surface area contributed by atoms with Gasteiger partial charge in [-0.05, 0) is 37.1 Å². The molecule has 0 bridgehead atoms. The molecule has 7 heteroatoms. The molecule has 0 saturated heterocycles. The molecule has 0 radical (unpaired) electrons. The summed E-state index contributed by atoms with van der Waals surface area (Å²) in [5.74, 6) is 0.572. The molecular formula is C17H14F3N3O. The van der Waals surface area contributed by atoms with Crippen LogP contribution in [0.2, 0.25) is 0 Å². The first-order valence-corrected chi connectivity index (χ1v) is 7.63. The zero-order valence-electron chi connectivity index (χ0n) is 12.5. The highest BCUT2D eigenvalue weighted by Crippen LogP contribution is 2.41. The summed E-state index contributed by atoms with van der Waals surface area (Å²) in [7, 11) is 0. The number of fused-ring (bicyclic) bond motifs is 1. The van der Waals surface area contributed by atoms with E-state index in [4.69, 9.17) is 0 Å². The maximum absolute atomic E-state index is 13.0. The molecule has 2 aromatic rings. The molecule has 0 spiro atoms. The van der Waals surface area contributed by atoms with Crippen molar-refractivity contribution in [1.82, 2.24) is 4.98 Å². The third kappa shape index (κ3) is 2.54. The summed E-state index contributed by atoms with van der Waals surface area (Å²) in [6.45, 7) is 0. The predicted molar refractivity (Wildman–Crippen MR) is 83.4 cm³/mol. The van der Waals surface area contributed by atoms with Crippen LogP contribution in [0.1, 0.15) is 24.0 Å². The van der Waals surface area contributed by atoms with Crippen molar-refractivity contribution < 1.29 is 18.3 Å². The molecular weight excluding hydrogens is 319 g/mol. The molecule has 2 aliphatic rings. The van der Waals surface area contributed by atoms with E-state index in [9.17, 15) is 18.3 Å². The molecule has 4 rings (SSSR count). The highest BCUT2D eigenvalue weighted by atomic mass is 19.4. The average molecular weight is 333 g/mol. The Morgan fingerprint density at radius 1 is 1.12 bits per heavy atom. The average Bonchev–Trinajstić information content (AvgIpc) is 3.38. The SMILES string of the molecule is OC1C(c2cccc(C(F)(F)F)c2)=Nc2cccnc2N1C1CC1. The van der Waals surface area contributed by atoms with Crippen LogP contribution >= 0.6 is 0 Å². The largest absolute Gasteiger partial charge is 0.416 e. The van der Waals surface area contributed by atoms with Crippen molar-refractivity contribution in [2.45, 2.75) is 31.3 Å². The molecule has 1 saturated carbocycles. The van der Waals surface area contributed by atoms with Crippen LogP contribution in [-0.4, -0.2) is 28.1 Å². The summed E-state index contributed by atoms with van der Waals surface area (Å²) in [5.41, 5.74) is 0.276. The number of aliphatic imine (C=N–C) groups is 1. The van der Waals surface area contributed by atoms with Gasteiger partial charge in [-0.1, -0.05) is 12.1 Å². The topological polar surface area (TPSA) is 48.7 Å². The minimum absolute atomic E-state index is 0.143. The number of benzene rings is 1. The maximum atomic E-state index is 13.0. The second-order valence-electron chi connectivity index (χ2n) is 5.93. The minimum atomic E-state index is -4.44. The van der Waals surface area contributed by atoms with Crippen molar-refractivity contribution in [3.05, 3.63) is 53.7 Å². The molecule has 1 aliphatic carbocycles. The van der Waals surface area contributed by atoms with Crippen LogP contribution in [0, 0.1) is 0 Å². The van der Waals surface area contributed by atoms with Crippen molar-refractivity contribution in [3.63, 3.8) is 0 Å². The molecule has 1 N–H and O–H groups in total. The van der Waals surface area contributed by atoms with Gasteiger partial charge < -0.3 is 10.0 Å². The number of hydrogen-bond donors (Lipinski definition) is 1. The van der Waals surface area contributed by atoms with Crippen molar-refractivity contribution in [2.24, 2.45) is 4.99 Å². The number of nitrogens with zero attached hydrogens (tertiary/aromatic N) is 3. The number of pyridine rings is 1. The number of alkyl halides is 3. The van der Waals surface area contributed by atoms with E-state index >= 15 is 0 Å². The van der Waals surface area contributed by atoms with Gasteiger partial charge in [0.1, 0.15) is 5.69 Å². The third-order valence-corrected chi connectivity index (χ3v) is 4.19. The Morgan fingerprint density at radius 2 is 1.92 bits per heavy atom. The van der Waals surface area contributed by atoms with Gasteiger partial charge in [0.25, 0.3) is 0 Å². The summed E-state index contributed by atoms with van der Waals surface area (Å²) in [4.78, 5) is 10.4. The molecule has 1 fully saturated rings. The fraction of sp³-hybridized carbons (Fsp3) is 0.294. The number of hydrogen-bond acceptors (Lipinski definition) is 4. The normalized spacial score (nSPS) is 20.6. The number of aliphatic hydroxyl groups excluding tert-OH is 1. The van der Waals surface area contributed by atoms with E-state index in [0.29, 0.717) is 11.5 Å². The summed E-state index contributed by atoms with van der Waals surface area (Å²) in [6.07, 6.45) is -2.09. The monoisotopic (exact) mass is 333 g/mol. The molecule has 1 aromatic carbocycles. The van der Waals surface area contributed by atoms with Gasteiger partial charge in [-0.2, -0.15) is 13.2 Å². The Hall–Kier alpha value is -2.41. The minimum Gasteiger partial charge on any atom is -0.368 e. The molecule has 124 valence electrons. The summed E-state index contributed by atoms with van der Waals surface area (Å²) < 4.78 is 38.9. The third-order valence-electron chi connectivity index (χ3n) is 4.19. The number of rotatable bonds is 2. The van der Waals surface area contributed by atoms with Crippen LogP contribution in [0.5, 0.6) is 0 Å². The van der Waals surface area contributed by atoms with Gasteiger partial charge in [0.15, 0.2) is 12.0 Å². The number of halogens is 3. The lowest BCUT2D eigenvalue weighted by Crippen LogP contribution is -2.45. The fourth-order valence-corrected chi connectivity index (χ4v) is 2.90. The van der Waals surface area contributed by atoms with Gasteiger partial charge >= 0.3 is 6.18 Å². The molecule has 0 amide bonds. The van der Waals surface area contributed by atoms with E-state index in [0.717, 1.165) is 25.0 Å². The standard InChI is InChI=1S/C17H14F3N3O/c18-17(19,20)11-4-1-3-10(9-11)14-16(24)23(12-6-7-12)15-13(22-14)5-2-8-21-15/h1-5,8-9,12,16,24H,6-7H2. The molecule has 1 aliphatic heterocycles. The lowest BCUT2D eigenvalue weighted by Gasteiger charge is -2.34. The van der Waals surface area contributed by atoms with Crippen LogP contribution in [0.15, 0.2) is 47.6 Å². The zero-order valence-corrected chi connectivity index (χ0v) is 12.5. The van der Waals surface area contributed by atoms with Crippen LogP contribution in [-0.2, 0) is 6.18 Å². The molecule has 4 nitrogen and oxygen atoms in total. The molecule has 24 heavy (non-hydrogen) atoms. The van der Waals surface area contributed by atoms with Crippen LogP contribution in [0.25, 0.3) is 0 Å². The first-order valence-electron chi connectivity index (χ1n) is 7.63.